The number of carbonyl (C=O) groups is 1. The van der Waals surface area contributed by atoms with Crippen LogP contribution in [0.4, 0.5) is 11.4 Å². The molecule has 2 aromatic rings. The Morgan fingerprint density at radius 2 is 1.73 bits per heavy atom. The van der Waals surface area contributed by atoms with Gasteiger partial charge in [-0.25, -0.2) is 0 Å². The summed E-state index contributed by atoms with van der Waals surface area (Å²) in [7, 11) is 0. The Balaban J connectivity index is 1.33. The van der Waals surface area contributed by atoms with Gasteiger partial charge in [-0.3, -0.25) is 9.69 Å². The Morgan fingerprint density at radius 3 is 2.54 bits per heavy atom. The molecule has 0 radical (unpaired) electrons. The van der Waals surface area contributed by atoms with Crippen molar-refractivity contribution in [2.24, 2.45) is 0 Å². The molecule has 4 nitrogen and oxygen atoms in total. The summed E-state index contributed by atoms with van der Waals surface area (Å²) in [5.74, 6) is 0.120. The van der Waals surface area contributed by atoms with E-state index in [2.05, 4.69) is 63.7 Å². The lowest BCUT2D eigenvalue weighted by molar-refractivity contribution is -0.116. The van der Waals surface area contributed by atoms with Crippen molar-refractivity contribution in [1.82, 2.24) is 4.90 Å². The van der Waals surface area contributed by atoms with Crippen molar-refractivity contribution in [2.45, 2.75) is 12.8 Å². The van der Waals surface area contributed by atoms with E-state index in [1.54, 1.807) is 0 Å². The molecule has 0 spiro atoms. The highest BCUT2D eigenvalue weighted by Gasteiger charge is 2.17. The number of anilines is 2. The van der Waals surface area contributed by atoms with E-state index in [1.165, 1.54) is 16.8 Å². The van der Waals surface area contributed by atoms with Crippen molar-refractivity contribution in [3.63, 3.8) is 0 Å². The first-order valence-electron chi connectivity index (χ1n) is 9.40. The SMILES string of the molecule is O=C1CCc2c(C=CCN3CCN(c4ccccc4)CC3)cccc2N1. The number of hydrogen-bond donors (Lipinski definition) is 1. The maximum Gasteiger partial charge on any atom is 0.224 e. The first kappa shape index (κ1) is 16.9. The first-order chi connectivity index (χ1) is 12.8. The van der Waals surface area contributed by atoms with Crippen LogP contribution in [0.3, 0.4) is 0 Å². The molecule has 0 bridgehead atoms. The highest BCUT2D eigenvalue weighted by atomic mass is 16.1. The molecule has 1 fully saturated rings. The molecule has 0 unspecified atom stereocenters. The van der Waals surface area contributed by atoms with Crippen LogP contribution in [0.15, 0.2) is 54.6 Å². The number of fused-ring (bicyclic) bond motifs is 1. The van der Waals surface area contributed by atoms with Gasteiger partial charge in [0.25, 0.3) is 0 Å². The molecule has 0 saturated carbocycles. The molecule has 1 N–H and O–H groups in total. The lowest BCUT2D eigenvalue weighted by atomic mass is 9.97. The number of nitrogens with one attached hydrogen (secondary N) is 1. The Labute approximate surface area is 155 Å². The normalized spacial score (nSPS) is 18.0. The highest BCUT2D eigenvalue weighted by molar-refractivity contribution is 5.94. The molecule has 0 aromatic heterocycles. The van der Waals surface area contributed by atoms with Crippen LogP contribution in [-0.4, -0.2) is 43.5 Å². The molecule has 1 amide bonds. The predicted octanol–water partition coefficient (Wildman–Crippen LogP) is 3.41. The maximum absolute atomic E-state index is 11.5. The molecule has 1 saturated heterocycles. The Bertz CT molecular complexity index is 792. The van der Waals surface area contributed by atoms with Gasteiger partial charge in [0.15, 0.2) is 0 Å². The summed E-state index contributed by atoms with van der Waals surface area (Å²) in [5, 5.41) is 2.97. The number of para-hydroxylation sites is 1. The third-order valence-corrected chi connectivity index (χ3v) is 5.24. The fourth-order valence-electron chi connectivity index (χ4n) is 3.76. The van der Waals surface area contributed by atoms with E-state index in [0.29, 0.717) is 6.42 Å². The van der Waals surface area contributed by atoms with Gasteiger partial charge in [-0.1, -0.05) is 42.5 Å². The Morgan fingerprint density at radius 1 is 0.923 bits per heavy atom. The molecular weight excluding hydrogens is 322 g/mol. The van der Waals surface area contributed by atoms with Gasteiger partial charge in [0.2, 0.25) is 5.91 Å². The van der Waals surface area contributed by atoms with Crippen molar-refractivity contribution < 1.29 is 4.79 Å². The van der Waals surface area contributed by atoms with Crippen molar-refractivity contribution in [3.05, 3.63) is 65.7 Å². The Hall–Kier alpha value is -2.59. The van der Waals surface area contributed by atoms with Gasteiger partial charge < -0.3 is 10.2 Å². The molecule has 4 heteroatoms. The molecule has 2 heterocycles. The number of carbonyl (C=O) groups excluding carboxylic acids is 1. The summed E-state index contributed by atoms with van der Waals surface area (Å²) in [5.41, 5.74) is 4.78. The van der Waals surface area contributed by atoms with Crippen LogP contribution in [0.5, 0.6) is 0 Å². The maximum atomic E-state index is 11.5. The molecule has 4 rings (SSSR count). The average Bonchev–Trinajstić information content (AvgIpc) is 2.69. The van der Waals surface area contributed by atoms with Gasteiger partial charge in [-0.2, -0.15) is 0 Å². The summed E-state index contributed by atoms with van der Waals surface area (Å²) in [4.78, 5) is 16.5. The monoisotopic (exact) mass is 347 g/mol. The summed E-state index contributed by atoms with van der Waals surface area (Å²) in [6.45, 7) is 5.29. The molecule has 134 valence electrons. The number of piperazine rings is 1. The summed E-state index contributed by atoms with van der Waals surface area (Å²) in [6.07, 6.45) is 5.88. The van der Waals surface area contributed by atoms with Crippen LogP contribution in [0.2, 0.25) is 0 Å². The third kappa shape index (κ3) is 3.81. The van der Waals surface area contributed by atoms with Gasteiger partial charge in [0.05, 0.1) is 0 Å². The highest BCUT2D eigenvalue weighted by Crippen LogP contribution is 2.26. The summed E-state index contributed by atoms with van der Waals surface area (Å²) >= 11 is 0. The molecule has 2 aliphatic heterocycles. The minimum Gasteiger partial charge on any atom is -0.369 e. The zero-order chi connectivity index (χ0) is 17.8. The van der Waals surface area contributed by atoms with Crippen LogP contribution < -0.4 is 10.2 Å². The fourth-order valence-corrected chi connectivity index (χ4v) is 3.76. The van der Waals surface area contributed by atoms with Crippen LogP contribution in [-0.2, 0) is 11.2 Å². The average molecular weight is 347 g/mol. The minimum atomic E-state index is 0.120. The van der Waals surface area contributed by atoms with Gasteiger partial charge in [-0.15, -0.1) is 0 Å². The van der Waals surface area contributed by atoms with Crippen LogP contribution >= 0.6 is 0 Å². The zero-order valence-electron chi connectivity index (χ0n) is 15.0. The topological polar surface area (TPSA) is 35.6 Å². The lowest BCUT2D eigenvalue weighted by Crippen LogP contribution is -2.46. The van der Waals surface area contributed by atoms with E-state index in [9.17, 15) is 4.79 Å². The van der Waals surface area contributed by atoms with E-state index in [-0.39, 0.29) is 5.91 Å². The molecule has 0 aliphatic carbocycles. The van der Waals surface area contributed by atoms with Gasteiger partial charge in [0.1, 0.15) is 0 Å². The van der Waals surface area contributed by atoms with E-state index in [4.69, 9.17) is 0 Å². The minimum absolute atomic E-state index is 0.120. The Kier molecular flexibility index (Phi) is 5.02. The van der Waals surface area contributed by atoms with Crippen molar-refractivity contribution >= 4 is 23.4 Å². The molecule has 2 aliphatic rings. The summed E-state index contributed by atoms with van der Waals surface area (Å²) in [6, 6.07) is 16.8. The first-order valence-corrected chi connectivity index (χ1v) is 9.40. The second kappa shape index (κ2) is 7.75. The standard InChI is InChI=1S/C22H25N3O/c26-22-12-11-20-18(6-4-10-21(20)23-22)7-5-13-24-14-16-25(17-15-24)19-8-2-1-3-9-19/h1-10H,11-17H2,(H,23,26). The van der Waals surface area contributed by atoms with E-state index >= 15 is 0 Å². The van der Waals surface area contributed by atoms with E-state index < -0.39 is 0 Å². The third-order valence-electron chi connectivity index (χ3n) is 5.24. The zero-order valence-corrected chi connectivity index (χ0v) is 15.0. The van der Waals surface area contributed by atoms with E-state index in [0.717, 1.165) is 44.8 Å². The number of hydrogen-bond acceptors (Lipinski definition) is 3. The van der Waals surface area contributed by atoms with Crippen LogP contribution in [0.25, 0.3) is 6.08 Å². The second-order valence-electron chi connectivity index (χ2n) is 6.95. The van der Waals surface area contributed by atoms with Crippen molar-refractivity contribution in [1.29, 1.82) is 0 Å². The lowest BCUT2D eigenvalue weighted by Gasteiger charge is -2.35. The van der Waals surface area contributed by atoms with Gasteiger partial charge >= 0.3 is 0 Å². The number of rotatable bonds is 4. The fraction of sp³-hybridized carbons (Fsp3) is 0.318. The smallest absolute Gasteiger partial charge is 0.224 e. The van der Waals surface area contributed by atoms with E-state index in [1.807, 2.05) is 12.1 Å². The molecular formula is C22H25N3O. The summed E-state index contributed by atoms with van der Waals surface area (Å²) < 4.78 is 0. The van der Waals surface area contributed by atoms with Gasteiger partial charge in [0, 0.05) is 50.5 Å². The van der Waals surface area contributed by atoms with Crippen molar-refractivity contribution in [2.75, 3.05) is 42.9 Å². The van der Waals surface area contributed by atoms with Crippen LogP contribution in [0.1, 0.15) is 17.5 Å². The van der Waals surface area contributed by atoms with Crippen LogP contribution in [0, 0.1) is 0 Å². The largest absolute Gasteiger partial charge is 0.369 e. The second-order valence-corrected chi connectivity index (χ2v) is 6.95. The number of nitrogens with zero attached hydrogens (tertiary/aromatic N) is 2. The molecule has 26 heavy (non-hydrogen) atoms. The van der Waals surface area contributed by atoms with Gasteiger partial charge in [-0.05, 0) is 35.7 Å². The number of benzene rings is 2. The predicted molar refractivity (Wildman–Crippen MR) is 108 cm³/mol. The quantitative estimate of drug-likeness (QED) is 0.921. The number of amides is 1. The van der Waals surface area contributed by atoms with Crippen molar-refractivity contribution in [3.8, 4) is 0 Å². The molecule has 2 aromatic carbocycles. The molecule has 0 atom stereocenters.